The lowest BCUT2D eigenvalue weighted by atomic mass is 10.1. The van der Waals surface area contributed by atoms with Crippen molar-refractivity contribution in [1.82, 2.24) is 9.78 Å². The molecular weight excluding hydrogens is 286 g/mol. The largest absolute Gasteiger partial charge is 0.307 e. The Bertz CT molecular complexity index is 661. The highest BCUT2D eigenvalue weighted by Crippen LogP contribution is 2.23. The van der Waals surface area contributed by atoms with Crippen molar-refractivity contribution in [2.24, 2.45) is 0 Å². The third kappa shape index (κ3) is 3.95. The van der Waals surface area contributed by atoms with Gasteiger partial charge in [0.15, 0.2) is 0 Å². The number of carbonyl (C=O) groups excluding carboxylic acids is 1. The zero-order valence-electron chi connectivity index (χ0n) is 12.1. The molecule has 0 bridgehead atoms. The monoisotopic (exact) mass is 303 g/mol. The fourth-order valence-electron chi connectivity index (χ4n) is 2.05. The Balaban J connectivity index is 2.12. The number of amides is 1. The molecule has 0 atom stereocenters. The van der Waals surface area contributed by atoms with Crippen LogP contribution >= 0.6 is 11.6 Å². The van der Waals surface area contributed by atoms with E-state index < -0.39 is 0 Å². The van der Waals surface area contributed by atoms with Crippen LogP contribution in [-0.2, 0) is 11.3 Å². The molecule has 0 aliphatic carbocycles. The summed E-state index contributed by atoms with van der Waals surface area (Å²) in [5.41, 5.74) is 1.68. The normalized spacial score (nSPS) is 11.5. The molecule has 1 amide bonds. The second-order valence-corrected chi connectivity index (χ2v) is 5.14. The zero-order chi connectivity index (χ0) is 15.2. The Morgan fingerprint density at radius 1 is 1.38 bits per heavy atom. The minimum Gasteiger partial charge on any atom is -0.307 e. The number of benzene rings is 1. The van der Waals surface area contributed by atoms with Crippen molar-refractivity contribution in [2.45, 2.75) is 26.8 Å². The highest BCUT2D eigenvalue weighted by atomic mass is 35.5. The van der Waals surface area contributed by atoms with Crippen LogP contribution in [0.4, 0.5) is 5.82 Å². The summed E-state index contributed by atoms with van der Waals surface area (Å²) in [6.07, 6.45) is 4.18. The lowest BCUT2D eigenvalue weighted by molar-refractivity contribution is -0.111. The minimum atomic E-state index is -0.190. The summed E-state index contributed by atoms with van der Waals surface area (Å²) in [5.74, 6) is 0.510. The predicted octanol–water partition coefficient (Wildman–Crippen LogP) is 3.99. The quantitative estimate of drug-likeness (QED) is 0.849. The molecule has 2 rings (SSSR count). The maximum Gasteiger partial charge on any atom is 0.249 e. The number of halogens is 1. The van der Waals surface area contributed by atoms with Gasteiger partial charge in [-0.15, -0.1) is 0 Å². The number of anilines is 1. The Labute approximate surface area is 129 Å². The number of allylic oxidation sites excluding steroid dienone is 1. The van der Waals surface area contributed by atoms with Crippen LogP contribution in [0, 0.1) is 0 Å². The third-order valence-corrected chi connectivity index (χ3v) is 3.38. The summed E-state index contributed by atoms with van der Waals surface area (Å²) >= 11 is 6.13. The average molecular weight is 304 g/mol. The molecule has 110 valence electrons. The molecule has 0 fully saturated rings. The van der Waals surface area contributed by atoms with E-state index in [4.69, 9.17) is 11.6 Å². The van der Waals surface area contributed by atoms with Crippen molar-refractivity contribution in [3.05, 3.63) is 53.2 Å². The van der Waals surface area contributed by atoms with Crippen molar-refractivity contribution in [3.8, 4) is 0 Å². The summed E-state index contributed by atoms with van der Waals surface area (Å²) < 4.78 is 1.77. The molecule has 2 aromatic rings. The first kappa shape index (κ1) is 15.3. The number of carbonyl (C=O) groups is 1. The molecule has 0 saturated carbocycles. The van der Waals surface area contributed by atoms with E-state index in [2.05, 4.69) is 17.3 Å². The van der Waals surface area contributed by atoms with Crippen LogP contribution in [0.5, 0.6) is 0 Å². The first-order valence-corrected chi connectivity index (χ1v) is 7.25. The lowest BCUT2D eigenvalue weighted by Gasteiger charge is -2.07. The van der Waals surface area contributed by atoms with Gasteiger partial charge in [0.25, 0.3) is 0 Å². The van der Waals surface area contributed by atoms with E-state index in [-0.39, 0.29) is 5.91 Å². The van der Waals surface area contributed by atoms with Gasteiger partial charge in [0.1, 0.15) is 5.82 Å². The van der Waals surface area contributed by atoms with Gasteiger partial charge in [-0.2, -0.15) is 5.10 Å². The van der Waals surface area contributed by atoms with Crippen molar-refractivity contribution in [3.63, 3.8) is 0 Å². The third-order valence-electron chi connectivity index (χ3n) is 3.05. The number of aromatic nitrogens is 2. The highest BCUT2D eigenvalue weighted by molar-refractivity contribution is 6.32. The van der Waals surface area contributed by atoms with Crippen LogP contribution < -0.4 is 5.32 Å². The van der Waals surface area contributed by atoms with Crippen molar-refractivity contribution < 1.29 is 4.79 Å². The van der Waals surface area contributed by atoms with E-state index in [1.807, 2.05) is 31.2 Å². The Morgan fingerprint density at radius 3 is 2.86 bits per heavy atom. The molecule has 0 saturated heterocycles. The van der Waals surface area contributed by atoms with Crippen molar-refractivity contribution >= 4 is 28.9 Å². The molecule has 5 heteroatoms. The number of hydrogen-bond acceptors (Lipinski definition) is 2. The second kappa shape index (κ2) is 7.09. The number of rotatable bonds is 5. The molecule has 0 radical (unpaired) electrons. The molecule has 1 aromatic heterocycles. The number of aryl methyl sites for hydroxylation is 1. The summed E-state index contributed by atoms with van der Waals surface area (Å²) in [4.78, 5) is 12.1. The smallest absolute Gasteiger partial charge is 0.249 e. The van der Waals surface area contributed by atoms with Gasteiger partial charge < -0.3 is 5.32 Å². The standard InChI is InChI=1S/C16H18ClN3O/c1-3-10-20-15(8-9-18-20)19-16(21)11-12(2)13-6-4-5-7-14(13)17/h4-9,11H,3,10H2,1-2H3,(H,19,21). The summed E-state index contributed by atoms with van der Waals surface area (Å²) in [6.45, 7) is 4.70. The van der Waals surface area contributed by atoms with Gasteiger partial charge in [-0.25, -0.2) is 4.68 Å². The molecular formula is C16H18ClN3O. The van der Waals surface area contributed by atoms with Gasteiger partial charge in [0, 0.05) is 23.7 Å². The number of nitrogens with zero attached hydrogens (tertiary/aromatic N) is 2. The zero-order valence-corrected chi connectivity index (χ0v) is 12.9. The molecule has 0 unspecified atom stereocenters. The summed E-state index contributed by atoms with van der Waals surface area (Å²) in [6, 6.07) is 9.24. The van der Waals surface area contributed by atoms with Gasteiger partial charge in [0.2, 0.25) is 5.91 Å². The Morgan fingerprint density at radius 2 is 2.14 bits per heavy atom. The maximum absolute atomic E-state index is 12.1. The molecule has 1 aromatic carbocycles. The van der Waals surface area contributed by atoms with E-state index in [1.165, 1.54) is 0 Å². The van der Waals surface area contributed by atoms with Gasteiger partial charge >= 0.3 is 0 Å². The number of hydrogen-bond donors (Lipinski definition) is 1. The Hall–Kier alpha value is -2.07. The Kier molecular flexibility index (Phi) is 5.17. The molecule has 1 N–H and O–H groups in total. The van der Waals surface area contributed by atoms with E-state index >= 15 is 0 Å². The van der Waals surface area contributed by atoms with E-state index in [0.29, 0.717) is 10.8 Å². The van der Waals surface area contributed by atoms with Crippen LogP contribution in [0.1, 0.15) is 25.8 Å². The fraction of sp³-hybridized carbons (Fsp3) is 0.250. The molecule has 1 heterocycles. The van der Waals surface area contributed by atoms with E-state index in [0.717, 1.165) is 24.1 Å². The predicted molar refractivity (Wildman–Crippen MR) is 86.3 cm³/mol. The molecule has 0 spiro atoms. The lowest BCUT2D eigenvalue weighted by Crippen LogP contribution is -2.13. The van der Waals surface area contributed by atoms with Crippen LogP contribution in [0.3, 0.4) is 0 Å². The minimum absolute atomic E-state index is 0.190. The first-order chi connectivity index (χ1) is 10.1. The SMILES string of the molecule is CCCn1nccc1NC(=O)C=C(C)c1ccccc1Cl. The van der Waals surface area contributed by atoms with Crippen LogP contribution in [0.15, 0.2) is 42.6 Å². The van der Waals surface area contributed by atoms with E-state index in [1.54, 1.807) is 23.0 Å². The molecule has 0 aliphatic rings. The van der Waals surface area contributed by atoms with Gasteiger partial charge in [0.05, 0.1) is 6.20 Å². The fourth-order valence-corrected chi connectivity index (χ4v) is 2.33. The van der Waals surface area contributed by atoms with Crippen LogP contribution in [0.2, 0.25) is 5.02 Å². The molecule has 0 aliphatic heterocycles. The number of nitrogens with one attached hydrogen (secondary N) is 1. The van der Waals surface area contributed by atoms with Gasteiger partial charge in [-0.3, -0.25) is 4.79 Å². The van der Waals surface area contributed by atoms with Gasteiger partial charge in [-0.05, 0) is 30.5 Å². The highest BCUT2D eigenvalue weighted by Gasteiger charge is 2.07. The topological polar surface area (TPSA) is 46.9 Å². The van der Waals surface area contributed by atoms with Gasteiger partial charge in [-0.1, -0.05) is 36.7 Å². The van der Waals surface area contributed by atoms with Crippen molar-refractivity contribution in [2.75, 3.05) is 5.32 Å². The molecule has 21 heavy (non-hydrogen) atoms. The van der Waals surface area contributed by atoms with E-state index in [9.17, 15) is 4.79 Å². The second-order valence-electron chi connectivity index (χ2n) is 4.74. The van der Waals surface area contributed by atoms with Crippen LogP contribution in [-0.4, -0.2) is 15.7 Å². The maximum atomic E-state index is 12.1. The summed E-state index contributed by atoms with van der Waals surface area (Å²) in [7, 11) is 0. The van der Waals surface area contributed by atoms with Crippen molar-refractivity contribution in [1.29, 1.82) is 0 Å². The molecule has 4 nitrogen and oxygen atoms in total. The summed E-state index contributed by atoms with van der Waals surface area (Å²) in [5, 5.41) is 7.64. The average Bonchev–Trinajstić information content (AvgIpc) is 2.86. The van der Waals surface area contributed by atoms with Crippen LogP contribution in [0.25, 0.3) is 5.57 Å². The first-order valence-electron chi connectivity index (χ1n) is 6.87.